The zero-order chi connectivity index (χ0) is 38.8. The molecular weight excluding hydrogens is 699 g/mol. The number of nitrogens with zero attached hydrogens (tertiary/aromatic N) is 6. The SMILES string of the molecule is Cc1ccc(Cn2cc(C(=O)Nc3cc(-c4cc5cc(N6CCN(C)CC6)ccc5n4C(=O)OC(C)(C)C)c(=O)n(COCC[Si](C)(C)C)c3)cn2)cc1. The molecular formula is C41H53N7O5Si. The van der Waals surface area contributed by atoms with E-state index >= 15 is 0 Å². The van der Waals surface area contributed by atoms with Crippen molar-refractivity contribution in [3.63, 3.8) is 0 Å². The number of anilines is 2. The van der Waals surface area contributed by atoms with E-state index in [1.54, 1.807) is 23.1 Å². The van der Waals surface area contributed by atoms with Crippen LogP contribution in [-0.2, 0) is 22.7 Å². The summed E-state index contributed by atoms with van der Waals surface area (Å²) in [7, 11) is 0.733. The molecule has 5 aromatic rings. The fourth-order valence-corrected chi connectivity index (χ4v) is 7.10. The molecule has 1 amide bonds. The average molecular weight is 752 g/mol. The highest BCUT2D eigenvalue weighted by atomic mass is 28.3. The molecule has 0 radical (unpaired) electrons. The van der Waals surface area contributed by atoms with Gasteiger partial charge in [-0.05, 0) is 76.7 Å². The van der Waals surface area contributed by atoms with E-state index in [2.05, 4.69) is 53.0 Å². The van der Waals surface area contributed by atoms with Crippen LogP contribution in [0.5, 0.6) is 0 Å². The van der Waals surface area contributed by atoms with Gasteiger partial charge in [0.05, 0.1) is 40.8 Å². The number of rotatable bonds is 11. The highest BCUT2D eigenvalue weighted by Crippen LogP contribution is 2.32. The van der Waals surface area contributed by atoms with Gasteiger partial charge in [-0.3, -0.25) is 18.8 Å². The fraction of sp³-hybridized carbons (Fsp3) is 0.415. The van der Waals surface area contributed by atoms with Crippen LogP contribution in [-0.4, -0.2) is 89.3 Å². The maximum absolute atomic E-state index is 14.3. The Kier molecular flexibility index (Phi) is 11.3. The molecule has 0 aliphatic carbocycles. The lowest BCUT2D eigenvalue weighted by Crippen LogP contribution is -2.44. The molecule has 1 aliphatic rings. The van der Waals surface area contributed by atoms with E-state index in [-0.39, 0.29) is 23.8 Å². The number of hydrogen-bond donors (Lipinski definition) is 1. The van der Waals surface area contributed by atoms with Crippen molar-refractivity contribution < 1.29 is 19.1 Å². The molecule has 0 spiro atoms. The summed E-state index contributed by atoms with van der Waals surface area (Å²) in [6, 6.07) is 18.5. The smallest absolute Gasteiger partial charge is 0.419 e. The predicted molar refractivity (Wildman–Crippen MR) is 218 cm³/mol. The second kappa shape index (κ2) is 15.8. The number of aromatic nitrogens is 4. The molecule has 0 atom stereocenters. The maximum Gasteiger partial charge on any atom is 0.419 e. The van der Waals surface area contributed by atoms with Gasteiger partial charge < -0.3 is 24.6 Å². The van der Waals surface area contributed by atoms with E-state index in [0.29, 0.717) is 35.6 Å². The molecule has 0 bridgehead atoms. The molecule has 6 rings (SSSR count). The van der Waals surface area contributed by atoms with Gasteiger partial charge in [-0.1, -0.05) is 49.5 Å². The summed E-state index contributed by atoms with van der Waals surface area (Å²) in [5, 5.41) is 8.18. The highest BCUT2D eigenvalue weighted by Gasteiger charge is 2.26. The highest BCUT2D eigenvalue weighted by molar-refractivity contribution is 6.76. The number of aryl methyl sites for hydroxylation is 1. The molecule has 286 valence electrons. The van der Waals surface area contributed by atoms with E-state index in [9.17, 15) is 14.4 Å². The number of fused-ring (bicyclic) bond motifs is 1. The predicted octanol–water partition coefficient (Wildman–Crippen LogP) is 7.12. The minimum absolute atomic E-state index is 0.0191. The molecule has 4 heterocycles. The van der Waals surface area contributed by atoms with Gasteiger partial charge in [0.25, 0.3) is 11.5 Å². The van der Waals surface area contributed by atoms with Crippen LogP contribution in [0.2, 0.25) is 25.7 Å². The normalized spacial score (nSPS) is 14.1. The Labute approximate surface area is 318 Å². The number of benzene rings is 2. The van der Waals surface area contributed by atoms with Gasteiger partial charge in [-0.2, -0.15) is 5.10 Å². The topological polar surface area (TPSA) is 116 Å². The van der Waals surface area contributed by atoms with E-state index < -0.39 is 19.8 Å². The van der Waals surface area contributed by atoms with Gasteiger partial charge in [0.1, 0.15) is 12.3 Å². The Morgan fingerprint density at radius 1 is 0.944 bits per heavy atom. The summed E-state index contributed by atoms with van der Waals surface area (Å²) < 4.78 is 16.6. The number of amides is 1. The van der Waals surface area contributed by atoms with Crippen LogP contribution in [0.25, 0.3) is 22.2 Å². The second-order valence-electron chi connectivity index (χ2n) is 16.5. The lowest BCUT2D eigenvalue weighted by atomic mass is 10.1. The Morgan fingerprint density at radius 2 is 1.67 bits per heavy atom. The molecule has 1 saturated heterocycles. The van der Waals surface area contributed by atoms with E-state index in [1.807, 2.05) is 70.2 Å². The maximum atomic E-state index is 14.3. The van der Waals surface area contributed by atoms with Crippen LogP contribution < -0.4 is 15.8 Å². The molecule has 2 aromatic carbocycles. The first-order valence-electron chi connectivity index (χ1n) is 18.6. The van der Waals surface area contributed by atoms with E-state index in [1.165, 1.54) is 20.9 Å². The number of carbonyl (C=O) groups is 2. The minimum Gasteiger partial charge on any atom is -0.443 e. The zero-order valence-corrected chi connectivity index (χ0v) is 33.8. The number of carbonyl (C=O) groups excluding carboxylic acids is 2. The van der Waals surface area contributed by atoms with Crippen LogP contribution in [0.1, 0.15) is 42.3 Å². The number of likely N-dealkylation sites (N-methyl/N-ethyl adjacent to an activating group) is 1. The van der Waals surface area contributed by atoms with Gasteiger partial charge in [0, 0.05) is 64.3 Å². The van der Waals surface area contributed by atoms with Crippen molar-refractivity contribution in [1.82, 2.24) is 23.8 Å². The first kappa shape index (κ1) is 38.7. The van der Waals surface area contributed by atoms with Gasteiger partial charge in [0.2, 0.25) is 0 Å². The number of piperazine rings is 1. The van der Waals surface area contributed by atoms with Crippen molar-refractivity contribution in [1.29, 1.82) is 0 Å². The number of pyridine rings is 1. The van der Waals surface area contributed by atoms with Crippen molar-refractivity contribution in [2.24, 2.45) is 0 Å². The minimum atomic E-state index is -1.39. The molecule has 13 heteroatoms. The van der Waals surface area contributed by atoms with Crippen molar-refractivity contribution >= 4 is 42.4 Å². The van der Waals surface area contributed by atoms with Gasteiger partial charge >= 0.3 is 6.09 Å². The van der Waals surface area contributed by atoms with Crippen LogP contribution in [0, 0.1) is 6.92 Å². The van der Waals surface area contributed by atoms with Crippen LogP contribution in [0.4, 0.5) is 16.2 Å². The second-order valence-corrected chi connectivity index (χ2v) is 22.1. The van der Waals surface area contributed by atoms with Crippen molar-refractivity contribution in [2.45, 2.75) is 72.3 Å². The van der Waals surface area contributed by atoms with Gasteiger partial charge in [-0.25, -0.2) is 9.36 Å². The van der Waals surface area contributed by atoms with Gasteiger partial charge in [-0.15, -0.1) is 0 Å². The third-order valence-corrected chi connectivity index (χ3v) is 11.1. The molecule has 1 fully saturated rings. The third-order valence-electron chi connectivity index (χ3n) is 9.44. The molecule has 0 unspecified atom stereocenters. The summed E-state index contributed by atoms with van der Waals surface area (Å²) in [6.07, 6.45) is 4.20. The molecule has 1 aliphatic heterocycles. The monoisotopic (exact) mass is 751 g/mol. The summed E-state index contributed by atoms with van der Waals surface area (Å²) in [4.78, 5) is 46.6. The summed E-state index contributed by atoms with van der Waals surface area (Å²) >= 11 is 0. The summed E-state index contributed by atoms with van der Waals surface area (Å²) in [5.74, 6) is -0.384. The summed E-state index contributed by atoms with van der Waals surface area (Å²) in [5.41, 5.74) is 4.07. The molecule has 1 N–H and O–H groups in total. The lowest BCUT2D eigenvalue weighted by Gasteiger charge is -2.34. The van der Waals surface area contributed by atoms with Crippen LogP contribution in [0.15, 0.2) is 78.0 Å². The lowest BCUT2D eigenvalue weighted by molar-refractivity contribution is 0.0547. The number of hydrogen-bond acceptors (Lipinski definition) is 8. The Bertz CT molecular complexity index is 2180. The van der Waals surface area contributed by atoms with E-state index in [4.69, 9.17) is 9.47 Å². The summed E-state index contributed by atoms with van der Waals surface area (Å²) in [6.45, 7) is 19.0. The quantitative estimate of drug-likeness (QED) is 0.112. The molecule has 0 saturated carbocycles. The Balaban J connectivity index is 1.39. The number of nitrogens with one attached hydrogen (secondary N) is 1. The Morgan fingerprint density at radius 3 is 2.35 bits per heavy atom. The first-order valence-corrected chi connectivity index (χ1v) is 22.3. The van der Waals surface area contributed by atoms with Crippen LogP contribution in [0.3, 0.4) is 0 Å². The zero-order valence-electron chi connectivity index (χ0n) is 32.8. The van der Waals surface area contributed by atoms with Crippen molar-refractivity contribution in [3.8, 4) is 11.3 Å². The molecule has 3 aromatic heterocycles. The standard InChI is InChI=1S/C41H53N7O5Si/c1-29-9-11-30(12-10-29)25-47-26-32(24-42-47)38(49)43-33-23-35(39(50)46(27-33)28-52-19-20-54(6,7)8)37-22-31-21-34(45-17-15-44(5)16-18-45)13-14-36(31)48(37)40(51)53-41(2,3)4/h9-14,21-24,26-27H,15-20,25,28H2,1-8H3,(H,43,49). The average Bonchev–Trinajstić information content (AvgIpc) is 3.73. The van der Waals surface area contributed by atoms with Crippen LogP contribution >= 0.6 is 0 Å². The first-order chi connectivity index (χ1) is 25.5. The third kappa shape index (κ3) is 9.57. The molecule has 12 nitrogen and oxygen atoms in total. The fourth-order valence-electron chi connectivity index (χ4n) is 6.34. The Hall–Kier alpha value is -4.98. The number of ether oxygens (including phenoxy) is 2. The van der Waals surface area contributed by atoms with Crippen molar-refractivity contribution in [2.75, 3.05) is 50.1 Å². The molecule has 54 heavy (non-hydrogen) atoms. The van der Waals surface area contributed by atoms with Gasteiger partial charge in [0.15, 0.2) is 0 Å². The van der Waals surface area contributed by atoms with Crippen molar-refractivity contribution in [3.05, 3.63) is 100 Å². The largest absolute Gasteiger partial charge is 0.443 e. The van der Waals surface area contributed by atoms with E-state index in [0.717, 1.165) is 48.9 Å².